The van der Waals surface area contributed by atoms with Crippen molar-refractivity contribution in [2.45, 2.75) is 26.7 Å². The fraction of sp³-hybridized carbons (Fsp3) is 0.435. The largest absolute Gasteiger partial charge is 0.353 e. The Bertz CT molecular complexity index is 894. The molecule has 1 aliphatic rings. The Kier molecular flexibility index (Phi) is 7.85. The molecule has 6 nitrogen and oxygen atoms in total. The first kappa shape index (κ1) is 23.0. The Balaban J connectivity index is 1.52. The van der Waals surface area contributed by atoms with Gasteiger partial charge in [-0.2, -0.15) is 0 Å². The summed E-state index contributed by atoms with van der Waals surface area (Å²) < 4.78 is 14.0. The smallest absolute Gasteiger partial charge is 0.252 e. The van der Waals surface area contributed by atoms with Gasteiger partial charge in [0.1, 0.15) is 11.6 Å². The maximum absolute atomic E-state index is 14.0. The molecule has 1 aromatic heterocycles. The van der Waals surface area contributed by atoms with E-state index in [1.165, 1.54) is 12.1 Å². The lowest BCUT2D eigenvalue weighted by Gasteiger charge is -2.35. The summed E-state index contributed by atoms with van der Waals surface area (Å²) in [4.78, 5) is 33.0. The third-order valence-corrected chi connectivity index (χ3v) is 6.02. The van der Waals surface area contributed by atoms with Crippen LogP contribution in [0.5, 0.6) is 0 Å². The second-order valence-corrected chi connectivity index (χ2v) is 8.28. The number of pyridine rings is 1. The summed E-state index contributed by atoms with van der Waals surface area (Å²) in [7, 11) is 0. The van der Waals surface area contributed by atoms with Crippen LogP contribution in [0.4, 0.5) is 10.2 Å². The fourth-order valence-corrected chi connectivity index (χ4v) is 3.60. The Morgan fingerprint density at radius 3 is 2.55 bits per heavy atom. The van der Waals surface area contributed by atoms with Gasteiger partial charge in [-0.05, 0) is 30.2 Å². The summed E-state index contributed by atoms with van der Waals surface area (Å²) >= 11 is 6.04. The molecule has 2 aromatic rings. The highest BCUT2D eigenvalue weighted by atomic mass is 35.5. The van der Waals surface area contributed by atoms with Gasteiger partial charge < -0.3 is 15.1 Å². The van der Waals surface area contributed by atoms with Gasteiger partial charge in [0.15, 0.2) is 0 Å². The molecule has 2 heterocycles. The van der Waals surface area contributed by atoms with Crippen molar-refractivity contribution in [2.24, 2.45) is 5.92 Å². The summed E-state index contributed by atoms with van der Waals surface area (Å²) in [5, 5.41) is 3.19. The third-order valence-electron chi connectivity index (χ3n) is 5.66. The molecule has 0 spiro atoms. The summed E-state index contributed by atoms with van der Waals surface area (Å²) in [5.74, 6) is 0.471. The van der Waals surface area contributed by atoms with Crippen LogP contribution in [0.2, 0.25) is 5.02 Å². The molecule has 1 aromatic carbocycles. The van der Waals surface area contributed by atoms with Gasteiger partial charge in [0.05, 0.1) is 12.0 Å². The zero-order valence-corrected chi connectivity index (χ0v) is 18.7. The van der Waals surface area contributed by atoms with E-state index in [4.69, 9.17) is 11.6 Å². The maximum Gasteiger partial charge on any atom is 0.252 e. The Hall–Kier alpha value is -2.67. The van der Waals surface area contributed by atoms with Crippen LogP contribution >= 0.6 is 11.6 Å². The lowest BCUT2D eigenvalue weighted by atomic mass is 10.1. The molecule has 166 valence electrons. The van der Waals surface area contributed by atoms with Crippen LogP contribution in [0.15, 0.2) is 36.5 Å². The number of halogens is 2. The number of rotatable bonds is 7. The monoisotopic (exact) mass is 446 g/mol. The van der Waals surface area contributed by atoms with Crippen LogP contribution in [-0.2, 0) is 11.2 Å². The average molecular weight is 447 g/mol. The first-order valence-corrected chi connectivity index (χ1v) is 11.0. The normalized spacial score (nSPS) is 15.0. The number of nitrogens with one attached hydrogen (secondary N) is 1. The van der Waals surface area contributed by atoms with Gasteiger partial charge in [-0.15, -0.1) is 0 Å². The van der Waals surface area contributed by atoms with E-state index < -0.39 is 5.82 Å². The number of anilines is 1. The average Bonchev–Trinajstić information content (AvgIpc) is 2.79. The van der Waals surface area contributed by atoms with Gasteiger partial charge >= 0.3 is 0 Å². The van der Waals surface area contributed by atoms with Gasteiger partial charge in [-0.1, -0.05) is 37.9 Å². The SMILES string of the molecule is CCC(C)CNC(=O)c1ccc(N2CCN(C(=O)Cc3c(F)cccc3Cl)CC2)nc1. The van der Waals surface area contributed by atoms with Crippen LogP contribution < -0.4 is 10.2 Å². The van der Waals surface area contributed by atoms with Crippen molar-refractivity contribution < 1.29 is 14.0 Å². The van der Waals surface area contributed by atoms with Gasteiger partial charge in [0.25, 0.3) is 5.91 Å². The quantitative estimate of drug-likeness (QED) is 0.706. The Labute approximate surface area is 187 Å². The number of hydrogen-bond acceptors (Lipinski definition) is 4. The molecule has 1 N–H and O–H groups in total. The van der Waals surface area contributed by atoms with E-state index in [-0.39, 0.29) is 28.8 Å². The molecule has 0 radical (unpaired) electrons. The van der Waals surface area contributed by atoms with E-state index in [0.717, 1.165) is 12.2 Å². The number of piperazine rings is 1. The maximum atomic E-state index is 14.0. The van der Waals surface area contributed by atoms with Crippen molar-refractivity contribution >= 4 is 29.2 Å². The predicted octanol–water partition coefficient (Wildman–Crippen LogP) is 3.54. The highest BCUT2D eigenvalue weighted by Crippen LogP contribution is 2.21. The molecule has 3 rings (SSSR count). The van der Waals surface area contributed by atoms with Gasteiger partial charge in [-0.3, -0.25) is 9.59 Å². The van der Waals surface area contributed by atoms with Crippen LogP contribution in [-0.4, -0.2) is 54.4 Å². The molecule has 0 bridgehead atoms. The summed E-state index contributed by atoms with van der Waals surface area (Å²) in [6, 6.07) is 8.02. The second kappa shape index (κ2) is 10.6. The van der Waals surface area contributed by atoms with Gasteiger partial charge in [0, 0.05) is 49.5 Å². The molecule has 0 aliphatic carbocycles. The van der Waals surface area contributed by atoms with E-state index in [2.05, 4.69) is 29.0 Å². The van der Waals surface area contributed by atoms with E-state index in [1.54, 1.807) is 23.2 Å². The first-order valence-electron chi connectivity index (χ1n) is 10.6. The van der Waals surface area contributed by atoms with Crippen molar-refractivity contribution in [3.05, 3.63) is 58.5 Å². The van der Waals surface area contributed by atoms with Crippen LogP contribution in [0.3, 0.4) is 0 Å². The minimum absolute atomic E-state index is 0.0514. The number of benzene rings is 1. The number of aromatic nitrogens is 1. The highest BCUT2D eigenvalue weighted by molar-refractivity contribution is 6.31. The van der Waals surface area contributed by atoms with Crippen molar-refractivity contribution in [3.63, 3.8) is 0 Å². The van der Waals surface area contributed by atoms with E-state index in [9.17, 15) is 14.0 Å². The number of hydrogen-bond donors (Lipinski definition) is 1. The number of carbonyl (C=O) groups excluding carboxylic acids is 2. The molecule has 31 heavy (non-hydrogen) atoms. The number of amides is 2. The Morgan fingerprint density at radius 2 is 1.94 bits per heavy atom. The highest BCUT2D eigenvalue weighted by Gasteiger charge is 2.23. The molecule has 1 atom stereocenters. The topological polar surface area (TPSA) is 65.5 Å². The van der Waals surface area contributed by atoms with Crippen molar-refractivity contribution in [3.8, 4) is 0 Å². The zero-order chi connectivity index (χ0) is 22.4. The van der Waals surface area contributed by atoms with Gasteiger partial charge in [-0.25, -0.2) is 9.37 Å². The molecular formula is C23H28ClFN4O2. The molecule has 2 amide bonds. The summed E-state index contributed by atoms with van der Waals surface area (Å²) in [6.45, 7) is 7.10. The van der Waals surface area contributed by atoms with Crippen molar-refractivity contribution in [1.29, 1.82) is 0 Å². The second-order valence-electron chi connectivity index (χ2n) is 7.87. The van der Waals surface area contributed by atoms with Crippen LogP contribution in [0.1, 0.15) is 36.2 Å². The first-order chi connectivity index (χ1) is 14.9. The molecular weight excluding hydrogens is 419 g/mol. The molecule has 1 fully saturated rings. The Morgan fingerprint density at radius 1 is 1.19 bits per heavy atom. The molecule has 0 saturated carbocycles. The minimum atomic E-state index is -0.461. The lowest BCUT2D eigenvalue weighted by molar-refractivity contribution is -0.130. The van der Waals surface area contributed by atoms with Gasteiger partial charge in [0.2, 0.25) is 5.91 Å². The summed E-state index contributed by atoms with van der Waals surface area (Å²) in [6.07, 6.45) is 2.54. The fourth-order valence-electron chi connectivity index (χ4n) is 3.37. The third kappa shape index (κ3) is 5.94. The summed E-state index contributed by atoms with van der Waals surface area (Å²) in [5.41, 5.74) is 0.767. The predicted molar refractivity (Wildman–Crippen MR) is 120 cm³/mol. The van der Waals surface area contributed by atoms with E-state index >= 15 is 0 Å². The van der Waals surface area contributed by atoms with E-state index in [0.29, 0.717) is 44.2 Å². The van der Waals surface area contributed by atoms with Crippen molar-refractivity contribution in [1.82, 2.24) is 15.2 Å². The van der Waals surface area contributed by atoms with E-state index in [1.807, 2.05) is 6.07 Å². The standard InChI is InChI=1S/C23H28ClFN4O2/c1-3-16(2)14-27-23(31)17-7-8-21(26-15-17)28-9-11-29(12-10-28)22(30)13-18-19(24)5-4-6-20(18)25/h4-8,15-16H,3,9-14H2,1-2H3,(H,27,31). The molecule has 8 heteroatoms. The zero-order valence-electron chi connectivity index (χ0n) is 17.9. The minimum Gasteiger partial charge on any atom is -0.353 e. The molecule has 1 aliphatic heterocycles. The number of nitrogens with zero attached hydrogens (tertiary/aromatic N) is 3. The van der Waals surface area contributed by atoms with Crippen molar-refractivity contribution in [2.75, 3.05) is 37.6 Å². The molecule has 1 saturated heterocycles. The lowest BCUT2D eigenvalue weighted by Crippen LogP contribution is -2.49. The molecule has 1 unspecified atom stereocenters. The van der Waals surface area contributed by atoms with Crippen LogP contribution in [0, 0.1) is 11.7 Å². The van der Waals surface area contributed by atoms with Crippen LogP contribution in [0.25, 0.3) is 0 Å². The number of carbonyl (C=O) groups is 2.